The Labute approximate surface area is 62.8 Å². The summed E-state index contributed by atoms with van der Waals surface area (Å²) in [5.74, 6) is 0.705. The summed E-state index contributed by atoms with van der Waals surface area (Å²) in [6.07, 6.45) is 3.68. The van der Waals surface area contributed by atoms with Gasteiger partial charge < -0.3 is 5.11 Å². The molecular weight excluding hydrogens is 124 g/mol. The molecular formula is C9H16O. The third-order valence-electron chi connectivity index (χ3n) is 2.60. The molecule has 0 spiro atoms. The van der Waals surface area contributed by atoms with E-state index in [0.717, 1.165) is 6.42 Å². The minimum atomic E-state index is 0.274. The van der Waals surface area contributed by atoms with E-state index in [-0.39, 0.29) is 6.61 Å². The summed E-state index contributed by atoms with van der Waals surface area (Å²) >= 11 is 0. The van der Waals surface area contributed by atoms with Crippen LogP contribution in [-0.2, 0) is 0 Å². The zero-order valence-electron chi connectivity index (χ0n) is 6.85. The van der Waals surface area contributed by atoms with E-state index in [0.29, 0.717) is 5.92 Å². The van der Waals surface area contributed by atoms with Crippen LogP contribution in [0.3, 0.4) is 0 Å². The zero-order chi connectivity index (χ0) is 7.56. The van der Waals surface area contributed by atoms with Crippen LogP contribution in [0.1, 0.15) is 33.1 Å². The van der Waals surface area contributed by atoms with E-state index in [1.54, 1.807) is 0 Å². The van der Waals surface area contributed by atoms with Crippen LogP contribution in [0.2, 0.25) is 0 Å². The second-order valence-electron chi connectivity index (χ2n) is 3.24. The third kappa shape index (κ3) is 1.40. The summed E-state index contributed by atoms with van der Waals surface area (Å²) in [4.78, 5) is 0. The van der Waals surface area contributed by atoms with E-state index < -0.39 is 0 Å². The summed E-state index contributed by atoms with van der Waals surface area (Å²) in [5, 5.41) is 8.92. The maximum atomic E-state index is 8.92. The molecule has 0 amide bonds. The first-order chi connectivity index (χ1) is 4.75. The lowest BCUT2D eigenvalue weighted by molar-refractivity contribution is 0.316. The number of hydrogen-bond donors (Lipinski definition) is 1. The number of aliphatic hydroxyl groups is 1. The van der Waals surface area contributed by atoms with E-state index in [2.05, 4.69) is 13.8 Å². The highest BCUT2D eigenvalue weighted by Crippen LogP contribution is 2.28. The van der Waals surface area contributed by atoms with Crippen molar-refractivity contribution in [2.75, 3.05) is 6.61 Å². The first-order valence-corrected chi connectivity index (χ1v) is 4.05. The lowest BCUT2D eigenvalue weighted by Crippen LogP contribution is -2.09. The largest absolute Gasteiger partial charge is 0.392 e. The normalized spacial score (nSPS) is 27.3. The molecule has 0 saturated carbocycles. The van der Waals surface area contributed by atoms with Gasteiger partial charge in [0, 0.05) is 0 Å². The van der Waals surface area contributed by atoms with E-state index in [9.17, 15) is 0 Å². The van der Waals surface area contributed by atoms with Crippen molar-refractivity contribution in [2.24, 2.45) is 5.92 Å². The van der Waals surface area contributed by atoms with Crippen molar-refractivity contribution in [3.05, 3.63) is 11.1 Å². The Kier molecular flexibility index (Phi) is 2.50. The molecule has 1 rings (SSSR count). The number of rotatable bonds is 1. The van der Waals surface area contributed by atoms with Crippen LogP contribution in [0, 0.1) is 5.92 Å². The highest BCUT2D eigenvalue weighted by molar-refractivity contribution is 5.17. The van der Waals surface area contributed by atoms with Crippen LogP contribution in [0.25, 0.3) is 0 Å². The predicted molar refractivity (Wildman–Crippen MR) is 42.8 cm³/mol. The molecule has 0 bridgehead atoms. The van der Waals surface area contributed by atoms with Gasteiger partial charge in [-0.3, -0.25) is 0 Å². The van der Waals surface area contributed by atoms with Gasteiger partial charge in [-0.1, -0.05) is 12.5 Å². The van der Waals surface area contributed by atoms with Crippen LogP contribution in [0.15, 0.2) is 11.1 Å². The summed E-state index contributed by atoms with van der Waals surface area (Å²) in [5.41, 5.74) is 2.70. The molecule has 0 heterocycles. The first kappa shape index (κ1) is 7.80. The third-order valence-corrected chi connectivity index (χ3v) is 2.60. The molecule has 1 nitrogen and oxygen atoms in total. The Balaban J connectivity index is 2.72. The van der Waals surface area contributed by atoms with Crippen molar-refractivity contribution in [2.45, 2.75) is 33.1 Å². The SMILES string of the molecule is CC1=C(CO)CCC[C@@H]1C. The van der Waals surface area contributed by atoms with Gasteiger partial charge in [0.15, 0.2) is 0 Å². The maximum absolute atomic E-state index is 8.92. The van der Waals surface area contributed by atoms with Crippen molar-refractivity contribution >= 4 is 0 Å². The van der Waals surface area contributed by atoms with Crippen LogP contribution in [0.5, 0.6) is 0 Å². The van der Waals surface area contributed by atoms with Crippen LogP contribution in [-0.4, -0.2) is 11.7 Å². The summed E-state index contributed by atoms with van der Waals surface area (Å²) in [7, 11) is 0. The maximum Gasteiger partial charge on any atom is 0.0644 e. The van der Waals surface area contributed by atoms with Gasteiger partial charge in [-0.2, -0.15) is 0 Å². The Morgan fingerprint density at radius 3 is 2.80 bits per heavy atom. The molecule has 1 aliphatic rings. The van der Waals surface area contributed by atoms with Gasteiger partial charge in [-0.15, -0.1) is 0 Å². The molecule has 1 aliphatic carbocycles. The Morgan fingerprint density at radius 1 is 1.60 bits per heavy atom. The molecule has 0 aromatic heterocycles. The van der Waals surface area contributed by atoms with Gasteiger partial charge >= 0.3 is 0 Å². The standard InChI is InChI=1S/C9H16O/c1-7-4-3-5-9(6-10)8(7)2/h7,10H,3-6H2,1-2H3/t7-/m0/s1. The molecule has 1 heteroatoms. The highest BCUT2D eigenvalue weighted by atomic mass is 16.3. The topological polar surface area (TPSA) is 20.2 Å². The summed E-state index contributed by atoms with van der Waals surface area (Å²) in [6, 6.07) is 0. The van der Waals surface area contributed by atoms with E-state index >= 15 is 0 Å². The minimum Gasteiger partial charge on any atom is -0.392 e. The molecule has 0 saturated heterocycles. The van der Waals surface area contributed by atoms with E-state index in [1.807, 2.05) is 0 Å². The molecule has 58 valence electrons. The molecule has 1 atom stereocenters. The van der Waals surface area contributed by atoms with Crippen molar-refractivity contribution in [1.82, 2.24) is 0 Å². The summed E-state index contributed by atoms with van der Waals surface area (Å²) < 4.78 is 0. The quantitative estimate of drug-likeness (QED) is 0.553. The molecule has 1 N–H and O–H groups in total. The Bertz CT molecular complexity index is 147. The lowest BCUT2D eigenvalue weighted by Gasteiger charge is -2.22. The molecule has 0 aromatic carbocycles. The molecule has 0 aliphatic heterocycles. The molecule has 0 unspecified atom stereocenters. The van der Waals surface area contributed by atoms with Crippen molar-refractivity contribution in [3.8, 4) is 0 Å². The second-order valence-corrected chi connectivity index (χ2v) is 3.24. The molecule has 0 aromatic rings. The van der Waals surface area contributed by atoms with Crippen molar-refractivity contribution in [3.63, 3.8) is 0 Å². The predicted octanol–water partition coefficient (Wildman–Crippen LogP) is 2.12. The fourth-order valence-corrected chi connectivity index (χ4v) is 1.59. The van der Waals surface area contributed by atoms with Crippen molar-refractivity contribution < 1.29 is 5.11 Å². The fourth-order valence-electron chi connectivity index (χ4n) is 1.59. The number of allylic oxidation sites excluding steroid dienone is 1. The second kappa shape index (κ2) is 3.20. The monoisotopic (exact) mass is 140 g/mol. The Hall–Kier alpha value is -0.300. The van der Waals surface area contributed by atoms with Crippen molar-refractivity contribution in [1.29, 1.82) is 0 Å². The van der Waals surface area contributed by atoms with Crippen LogP contribution in [0.4, 0.5) is 0 Å². The first-order valence-electron chi connectivity index (χ1n) is 4.05. The van der Waals surface area contributed by atoms with E-state index in [1.165, 1.54) is 24.0 Å². The van der Waals surface area contributed by atoms with Gasteiger partial charge in [-0.25, -0.2) is 0 Å². The van der Waals surface area contributed by atoms with Crippen LogP contribution >= 0.6 is 0 Å². The van der Waals surface area contributed by atoms with Gasteiger partial charge in [0.25, 0.3) is 0 Å². The average molecular weight is 140 g/mol. The smallest absolute Gasteiger partial charge is 0.0644 e. The highest BCUT2D eigenvalue weighted by Gasteiger charge is 2.14. The molecule has 0 radical (unpaired) electrons. The van der Waals surface area contributed by atoms with Gasteiger partial charge in [0.1, 0.15) is 0 Å². The molecule has 0 fully saturated rings. The van der Waals surface area contributed by atoms with Gasteiger partial charge in [-0.05, 0) is 37.7 Å². The van der Waals surface area contributed by atoms with E-state index in [4.69, 9.17) is 5.11 Å². The molecule has 10 heavy (non-hydrogen) atoms. The number of hydrogen-bond acceptors (Lipinski definition) is 1. The fraction of sp³-hybridized carbons (Fsp3) is 0.778. The number of aliphatic hydroxyl groups excluding tert-OH is 1. The van der Waals surface area contributed by atoms with Crippen LogP contribution < -0.4 is 0 Å². The van der Waals surface area contributed by atoms with Gasteiger partial charge in [0.05, 0.1) is 6.61 Å². The lowest BCUT2D eigenvalue weighted by atomic mass is 9.85. The zero-order valence-corrected chi connectivity index (χ0v) is 6.85. The minimum absolute atomic E-state index is 0.274. The summed E-state index contributed by atoms with van der Waals surface area (Å²) in [6.45, 7) is 4.66. The van der Waals surface area contributed by atoms with Gasteiger partial charge in [0.2, 0.25) is 0 Å². The average Bonchev–Trinajstić information content (AvgIpc) is 1.95. The Morgan fingerprint density at radius 2 is 2.30 bits per heavy atom.